The van der Waals surface area contributed by atoms with Crippen LogP contribution in [0.3, 0.4) is 0 Å². The smallest absolute Gasteiger partial charge is 0.0445 e. The first-order valence-electron chi connectivity index (χ1n) is 5.36. The molecule has 4 heteroatoms. The number of rotatable bonds is 6. The van der Waals surface area contributed by atoms with Crippen molar-refractivity contribution in [3.63, 3.8) is 0 Å². The van der Waals surface area contributed by atoms with E-state index in [2.05, 4.69) is 32.7 Å². The molecule has 1 atom stereocenters. The lowest BCUT2D eigenvalue weighted by Gasteiger charge is -2.16. The number of hydrogen-bond donors (Lipinski definition) is 2. The summed E-state index contributed by atoms with van der Waals surface area (Å²) in [6.45, 7) is 1.22. The molecule has 1 heterocycles. The second kappa shape index (κ2) is 5.43. The van der Waals surface area contributed by atoms with Gasteiger partial charge in [0.2, 0.25) is 0 Å². The molecule has 0 amide bonds. The molecule has 0 bridgehead atoms. The minimum atomic E-state index is 0.294. The van der Waals surface area contributed by atoms with Crippen LogP contribution in [-0.4, -0.2) is 17.8 Å². The van der Waals surface area contributed by atoms with Crippen LogP contribution in [-0.2, 0) is 6.54 Å². The average Bonchev–Trinajstić information content (AvgIpc) is 2.97. The summed E-state index contributed by atoms with van der Waals surface area (Å²) in [6.07, 6.45) is 3.54. The van der Waals surface area contributed by atoms with E-state index in [4.69, 9.17) is 5.11 Å². The molecule has 0 spiro atoms. The van der Waals surface area contributed by atoms with Gasteiger partial charge in [0.15, 0.2) is 0 Å². The molecule has 0 aromatic carbocycles. The van der Waals surface area contributed by atoms with Crippen molar-refractivity contribution < 1.29 is 5.11 Å². The summed E-state index contributed by atoms with van der Waals surface area (Å²) >= 11 is 5.22. The Kier molecular flexibility index (Phi) is 4.20. The number of aliphatic hydroxyl groups is 1. The zero-order valence-corrected chi connectivity index (χ0v) is 11.0. The van der Waals surface area contributed by atoms with Crippen LogP contribution in [0.25, 0.3) is 0 Å². The van der Waals surface area contributed by atoms with Gasteiger partial charge < -0.3 is 10.4 Å². The molecule has 15 heavy (non-hydrogen) atoms. The fraction of sp³-hybridized carbons (Fsp3) is 0.636. The van der Waals surface area contributed by atoms with Gasteiger partial charge in [0.05, 0.1) is 0 Å². The van der Waals surface area contributed by atoms with Crippen LogP contribution in [0.5, 0.6) is 0 Å². The largest absolute Gasteiger partial charge is 0.396 e. The van der Waals surface area contributed by atoms with E-state index in [0.29, 0.717) is 12.6 Å². The highest BCUT2D eigenvalue weighted by Gasteiger charge is 2.30. The zero-order chi connectivity index (χ0) is 10.7. The number of thiophene rings is 1. The van der Waals surface area contributed by atoms with Gasteiger partial charge in [0.25, 0.3) is 0 Å². The SMILES string of the molecule is OCCC(NCc1cc(Br)cs1)C1CC1. The van der Waals surface area contributed by atoms with Crippen molar-refractivity contribution in [3.05, 3.63) is 20.8 Å². The van der Waals surface area contributed by atoms with Crippen molar-refractivity contribution in [2.45, 2.75) is 31.8 Å². The van der Waals surface area contributed by atoms with Crippen LogP contribution in [0.4, 0.5) is 0 Å². The van der Waals surface area contributed by atoms with Gasteiger partial charge in [-0.15, -0.1) is 11.3 Å². The molecule has 84 valence electrons. The first-order valence-corrected chi connectivity index (χ1v) is 7.04. The van der Waals surface area contributed by atoms with Crippen LogP contribution < -0.4 is 5.32 Å². The number of nitrogens with one attached hydrogen (secondary N) is 1. The Morgan fingerprint density at radius 3 is 2.93 bits per heavy atom. The molecule has 0 radical (unpaired) electrons. The van der Waals surface area contributed by atoms with E-state index in [1.807, 2.05) is 0 Å². The van der Waals surface area contributed by atoms with Crippen molar-refractivity contribution in [2.75, 3.05) is 6.61 Å². The quantitative estimate of drug-likeness (QED) is 0.844. The summed E-state index contributed by atoms with van der Waals surface area (Å²) in [4.78, 5) is 1.35. The Morgan fingerprint density at radius 1 is 1.60 bits per heavy atom. The summed E-state index contributed by atoms with van der Waals surface area (Å²) in [6, 6.07) is 2.66. The third kappa shape index (κ3) is 3.55. The van der Waals surface area contributed by atoms with Crippen molar-refractivity contribution in [3.8, 4) is 0 Å². The molecule has 2 N–H and O–H groups in total. The van der Waals surface area contributed by atoms with Crippen molar-refractivity contribution in [2.24, 2.45) is 5.92 Å². The summed E-state index contributed by atoms with van der Waals surface area (Å²) in [7, 11) is 0. The highest BCUT2D eigenvalue weighted by Crippen LogP contribution is 2.34. The Labute approximate surface area is 103 Å². The lowest BCUT2D eigenvalue weighted by Crippen LogP contribution is -2.31. The minimum absolute atomic E-state index is 0.294. The fourth-order valence-corrected chi connectivity index (χ4v) is 3.22. The van der Waals surface area contributed by atoms with Crippen LogP contribution in [0.15, 0.2) is 15.9 Å². The topological polar surface area (TPSA) is 32.3 Å². The second-order valence-corrected chi connectivity index (χ2v) is 5.98. The van der Waals surface area contributed by atoms with E-state index in [-0.39, 0.29) is 0 Å². The van der Waals surface area contributed by atoms with Crippen molar-refractivity contribution >= 4 is 27.3 Å². The molecule has 2 nitrogen and oxygen atoms in total. The molecular weight excluding hydrogens is 274 g/mol. The standard InChI is InChI=1S/C11H16BrNOS/c12-9-5-10(15-7-9)6-13-11(3-4-14)8-1-2-8/h5,7-8,11,13-14H,1-4,6H2. The predicted octanol–water partition coefficient (Wildman–Crippen LogP) is 2.76. The molecule has 1 saturated carbocycles. The van der Waals surface area contributed by atoms with E-state index in [9.17, 15) is 0 Å². The summed E-state index contributed by atoms with van der Waals surface area (Å²) in [5, 5.41) is 14.6. The number of hydrogen-bond acceptors (Lipinski definition) is 3. The minimum Gasteiger partial charge on any atom is -0.396 e. The molecule has 0 aliphatic heterocycles. The molecule has 1 unspecified atom stereocenters. The second-order valence-electron chi connectivity index (χ2n) is 4.07. The Bertz CT molecular complexity index is 311. The van der Waals surface area contributed by atoms with Crippen molar-refractivity contribution in [1.29, 1.82) is 0 Å². The first kappa shape index (κ1) is 11.6. The predicted molar refractivity (Wildman–Crippen MR) is 67.1 cm³/mol. The van der Waals surface area contributed by atoms with E-state index in [1.165, 1.54) is 17.7 Å². The summed E-state index contributed by atoms with van der Waals surface area (Å²) < 4.78 is 1.16. The maximum Gasteiger partial charge on any atom is 0.0445 e. The van der Waals surface area contributed by atoms with Gasteiger partial charge in [-0.2, -0.15) is 0 Å². The van der Waals surface area contributed by atoms with E-state index >= 15 is 0 Å². The van der Waals surface area contributed by atoms with E-state index in [0.717, 1.165) is 23.4 Å². The average molecular weight is 290 g/mol. The maximum atomic E-state index is 8.97. The highest BCUT2D eigenvalue weighted by atomic mass is 79.9. The van der Waals surface area contributed by atoms with Gasteiger partial charge in [-0.25, -0.2) is 0 Å². The molecular formula is C11H16BrNOS. The first-order chi connectivity index (χ1) is 7.29. The maximum absolute atomic E-state index is 8.97. The highest BCUT2D eigenvalue weighted by molar-refractivity contribution is 9.10. The van der Waals surface area contributed by atoms with Gasteiger partial charge in [-0.1, -0.05) is 0 Å². The monoisotopic (exact) mass is 289 g/mol. The van der Waals surface area contributed by atoms with Crippen LogP contribution in [0, 0.1) is 5.92 Å². The van der Waals surface area contributed by atoms with E-state index < -0.39 is 0 Å². The lowest BCUT2D eigenvalue weighted by atomic mass is 10.1. The molecule has 1 aliphatic carbocycles. The zero-order valence-electron chi connectivity index (χ0n) is 8.58. The van der Waals surface area contributed by atoms with E-state index in [1.54, 1.807) is 11.3 Å². The molecule has 1 fully saturated rings. The Morgan fingerprint density at radius 2 is 2.40 bits per heavy atom. The summed E-state index contributed by atoms with van der Waals surface area (Å²) in [5.74, 6) is 0.806. The fourth-order valence-electron chi connectivity index (χ4n) is 1.82. The molecule has 1 aromatic rings. The molecule has 0 saturated heterocycles. The Balaban J connectivity index is 1.79. The van der Waals surface area contributed by atoms with Crippen LogP contribution in [0.1, 0.15) is 24.1 Å². The van der Waals surface area contributed by atoms with Gasteiger partial charge in [-0.3, -0.25) is 0 Å². The van der Waals surface area contributed by atoms with Gasteiger partial charge in [0, 0.05) is 33.9 Å². The van der Waals surface area contributed by atoms with Crippen LogP contribution >= 0.6 is 27.3 Å². The van der Waals surface area contributed by atoms with Gasteiger partial charge >= 0.3 is 0 Å². The Hall–Kier alpha value is 0.1000. The van der Waals surface area contributed by atoms with Gasteiger partial charge in [0.1, 0.15) is 0 Å². The molecule has 2 rings (SSSR count). The third-order valence-corrected chi connectivity index (χ3v) is 4.49. The van der Waals surface area contributed by atoms with Crippen LogP contribution in [0.2, 0.25) is 0 Å². The number of aliphatic hydroxyl groups excluding tert-OH is 1. The third-order valence-electron chi connectivity index (χ3n) is 2.79. The summed E-state index contributed by atoms with van der Waals surface area (Å²) in [5.41, 5.74) is 0. The van der Waals surface area contributed by atoms with Crippen molar-refractivity contribution in [1.82, 2.24) is 5.32 Å². The molecule has 1 aromatic heterocycles. The number of halogens is 1. The normalized spacial score (nSPS) is 18.0. The molecule has 1 aliphatic rings. The lowest BCUT2D eigenvalue weighted by molar-refractivity contribution is 0.256. The van der Waals surface area contributed by atoms with Gasteiger partial charge in [-0.05, 0) is 47.2 Å².